The lowest BCUT2D eigenvalue weighted by atomic mass is 9.88. The first-order valence-corrected chi connectivity index (χ1v) is 7.58. The van der Waals surface area contributed by atoms with Gasteiger partial charge in [-0.15, -0.1) is 0 Å². The highest BCUT2D eigenvalue weighted by molar-refractivity contribution is 6.31. The first-order chi connectivity index (χ1) is 9.09. The van der Waals surface area contributed by atoms with Crippen LogP contribution in [0.4, 0.5) is 0 Å². The van der Waals surface area contributed by atoms with Gasteiger partial charge in [-0.25, -0.2) is 0 Å². The van der Waals surface area contributed by atoms with Crippen LogP contribution in [-0.4, -0.2) is 41.9 Å². The van der Waals surface area contributed by atoms with Gasteiger partial charge in [-0.05, 0) is 39.9 Å². The van der Waals surface area contributed by atoms with Gasteiger partial charge in [0.2, 0.25) is 0 Å². The smallest absolute Gasteiger partial charge is 0.0837 e. The quantitative estimate of drug-likeness (QED) is 0.871. The number of nitrogens with one attached hydrogen (secondary N) is 1. The predicted octanol–water partition coefficient (Wildman–Crippen LogP) is 2.48. The number of rotatable bonds is 6. The van der Waals surface area contributed by atoms with E-state index in [9.17, 15) is 0 Å². The Hall–Kier alpha value is -0.580. The number of halogens is 1. The molecule has 0 bridgehead atoms. The van der Waals surface area contributed by atoms with Gasteiger partial charge < -0.3 is 10.2 Å². The number of hydrogen-bond donors (Lipinski definition) is 1. The van der Waals surface area contributed by atoms with Crippen LogP contribution < -0.4 is 5.32 Å². The molecule has 1 aliphatic rings. The van der Waals surface area contributed by atoms with Crippen molar-refractivity contribution in [1.29, 1.82) is 0 Å². The van der Waals surface area contributed by atoms with Crippen LogP contribution in [-0.2, 0) is 12.1 Å². The lowest BCUT2D eigenvalue weighted by Crippen LogP contribution is -2.39. The number of aromatic nitrogens is 2. The van der Waals surface area contributed by atoms with Crippen molar-refractivity contribution in [3.8, 4) is 0 Å². The fourth-order valence-corrected chi connectivity index (χ4v) is 3.39. The first-order valence-electron chi connectivity index (χ1n) is 7.20. The zero-order valence-corrected chi connectivity index (χ0v) is 13.0. The van der Waals surface area contributed by atoms with Crippen molar-refractivity contribution in [2.45, 2.75) is 44.7 Å². The molecule has 2 heterocycles. The van der Waals surface area contributed by atoms with Crippen LogP contribution in [0.25, 0.3) is 0 Å². The average molecular weight is 285 g/mol. The van der Waals surface area contributed by atoms with E-state index >= 15 is 0 Å². The molecule has 4 nitrogen and oxygen atoms in total. The molecule has 0 saturated carbocycles. The zero-order valence-electron chi connectivity index (χ0n) is 12.2. The Morgan fingerprint density at radius 2 is 2.32 bits per heavy atom. The summed E-state index contributed by atoms with van der Waals surface area (Å²) in [5.41, 5.74) is 1.23. The Bertz CT molecular complexity index is 408. The molecule has 1 aromatic heterocycles. The van der Waals surface area contributed by atoms with Gasteiger partial charge in [0, 0.05) is 6.54 Å². The molecule has 0 radical (unpaired) electrons. The molecule has 108 valence electrons. The predicted molar refractivity (Wildman–Crippen MR) is 79.6 cm³/mol. The minimum absolute atomic E-state index is 0.0364. The van der Waals surface area contributed by atoms with E-state index in [1.807, 2.05) is 0 Å². The van der Waals surface area contributed by atoms with Crippen molar-refractivity contribution in [2.75, 3.05) is 27.2 Å². The average Bonchev–Trinajstić information content (AvgIpc) is 2.95. The molecular weight excluding hydrogens is 260 g/mol. The summed E-state index contributed by atoms with van der Waals surface area (Å²) in [5, 5.41) is 8.97. The molecule has 0 spiro atoms. The maximum absolute atomic E-state index is 6.43. The van der Waals surface area contributed by atoms with Gasteiger partial charge in [-0.2, -0.15) is 5.10 Å². The fourth-order valence-electron chi connectivity index (χ4n) is 3.07. The van der Waals surface area contributed by atoms with E-state index in [0.717, 1.165) is 43.9 Å². The SMILES string of the molecule is CCCC1(c2c(Cl)cnn2CCN(C)C)CCCN1. The second-order valence-electron chi connectivity index (χ2n) is 5.73. The highest BCUT2D eigenvalue weighted by Gasteiger charge is 2.38. The van der Waals surface area contributed by atoms with Gasteiger partial charge in [-0.3, -0.25) is 4.68 Å². The van der Waals surface area contributed by atoms with E-state index in [1.54, 1.807) is 6.20 Å². The van der Waals surface area contributed by atoms with Crippen LogP contribution in [0.15, 0.2) is 6.20 Å². The molecule has 2 rings (SSSR count). The summed E-state index contributed by atoms with van der Waals surface area (Å²) in [7, 11) is 4.17. The zero-order chi connectivity index (χ0) is 13.9. The highest BCUT2D eigenvalue weighted by atomic mass is 35.5. The summed E-state index contributed by atoms with van der Waals surface area (Å²) in [4.78, 5) is 2.17. The number of hydrogen-bond acceptors (Lipinski definition) is 3. The number of likely N-dealkylation sites (N-methyl/N-ethyl adjacent to an activating group) is 1. The van der Waals surface area contributed by atoms with E-state index in [4.69, 9.17) is 11.6 Å². The molecular formula is C14H25ClN4. The third-order valence-corrected chi connectivity index (χ3v) is 4.20. The van der Waals surface area contributed by atoms with Gasteiger partial charge >= 0.3 is 0 Å². The van der Waals surface area contributed by atoms with Crippen molar-refractivity contribution in [1.82, 2.24) is 20.0 Å². The summed E-state index contributed by atoms with van der Waals surface area (Å²) in [6.45, 7) is 5.18. The van der Waals surface area contributed by atoms with Gasteiger partial charge in [0.05, 0.1) is 29.0 Å². The topological polar surface area (TPSA) is 33.1 Å². The molecule has 0 aromatic carbocycles. The van der Waals surface area contributed by atoms with E-state index in [-0.39, 0.29) is 5.54 Å². The Morgan fingerprint density at radius 1 is 1.53 bits per heavy atom. The standard InChI is InChI=1S/C14H25ClN4/c1-4-6-14(7-5-8-16-14)13-12(15)11-17-19(13)10-9-18(2)3/h11,16H,4-10H2,1-3H3. The second kappa shape index (κ2) is 6.25. The largest absolute Gasteiger partial charge is 0.308 e. The number of nitrogens with zero attached hydrogens (tertiary/aromatic N) is 3. The van der Waals surface area contributed by atoms with Crippen LogP contribution in [0.2, 0.25) is 5.02 Å². The molecule has 1 aromatic rings. The highest BCUT2D eigenvalue weighted by Crippen LogP contribution is 2.38. The second-order valence-corrected chi connectivity index (χ2v) is 6.14. The minimum atomic E-state index is 0.0364. The molecule has 5 heteroatoms. The Morgan fingerprint density at radius 3 is 2.89 bits per heavy atom. The molecule has 1 atom stereocenters. The molecule has 1 saturated heterocycles. The summed E-state index contributed by atoms with van der Waals surface area (Å²) in [5.74, 6) is 0. The Balaban J connectivity index is 2.28. The van der Waals surface area contributed by atoms with Crippen LogP contribution in [0.1, 0.15) is 38.3 Å². The Labute approximate surface area is 121 Å². The van der Waals surface area contributed by atoms with Crippen LogP contribution in [0, 0.1) is 0 Å². The summed E-state index contributed by atoms with van der Waals surface area (Å²) in [6, 6.07) is 0. The monoisotopic (exact) mass is 284 g/mol. The lowest BCUT2D eigenvalue weighted by molar-refractivity contribution is 0.308. The maximum atomic E-state index is 6.43. The normalized spacial score (nSPS) is 23.4. The molecule has 1 unspecified atom stereocenters. The first kappa shape index (κ1) is 14.8. The molecule has 0 aliphatic carbocycles. The molecule has 0 amide bonds. The van der Waals surface area contributed by atoms with Crippen LogP contribution in [0.3, 0.4) is 0 Å². The van der Waals surface area contributed by atoms with Crippen molar-refractivity contribution in [3.63, 3.8) is 0 Å². The van der Waals surface area contributed by atoms with E-state index in [0.29, 0.717) is 0 Å². The van der Waals surface area contributed by atoms with Gasteiger partial charge in [0.15, 0.2) is 0 Å². The maximum Gasteiger partial charge on any atom is 0.0837 e. The minimum Gasteiger partial charge on any atom is -0.308 e. The summed E-state index contributed by atoms with van der Waals surface area (Å²) in [6.07, 6.45) is 6.45. The fraction of sp³-hybridized carbons (Fsp3) is 0.786. The molecule has 19 heavy (non-hydrogen) atoms. The molecule has 1 N–H and O–H groups in total. The van der Waals surface area contributed by atoms with Crippen molar-refractivity contribution < 1.29 is 0 Å². The third kappa shape index (κ3) is 3.12. The van der Waals surface area contributed by atoms with Gasteiger partial charge in [0.1, 0.15) is 0 Å². The van der Waals surface area contributed by atoms with Crippen molar-refractivity contribution in [2.24, 2.45) is 0 Å². The van der Waals surface area contributed by atoms with E-state index < -0.39 is 0 Å². The van der Waals surface area contributed by atoms with E-state index in [1.165, 1.54) is 12.1 Å². The van der Waals surface area contributed by atoms with Crippen LogP contribution >= 0.6 is 11.6 Å². The van der Waals surface area contributed by atoms with E-state index in [2.05, 4.69) is 41.0 Å². The lowest BCUT2D eigenvalue weighted by Gasteiger charge is -2.31. The third-order valence-electron chi connectivity index (χ3n) is 3.93. The molecule has 1 fully saturated rings. The molecule has 1 aliphatic heterocycles. The van der Waals surface area contributed by atoms with Gasteiger partial charge in [0.25, 0.3) is 0 Å². The van der Waals surface area contributed by atoms with Gasteiger partial charge in [-0.1, -0.05) is 24.9 Å². The summed E-state index contributed by atoms with van der Waals surface area (Å²) < 4.78 is 2.09. The van der Waals surface area contributed by atoms with Crippen molar-refractivity contribution in [3.05, 3.63) is 16.9 Å². The summed E-state index contributed by atoms with van der Waals surface area (Å²) >= 11 is 6.43. The van der Waals surface area contributed by atoms with Crippen molar-refractivity contribution >= 4 is 11.6 Å². The Kier molecular flexibility index (Phi) is 4.87. The van der Waals surface area contributed by atoms with Crippen LogP contribution in [0.5, 0.6) is 0 Å².